The molecule has 24 heavy (non-hydrogen) atoms. The molecular formula is C22H43NO. The number of unbranched alkanes of at least 4 members (excludes halogenated alkanes) is 14. The van der Waals surface area contributed by atoms with E-state index in [0.29, 0.717) is 6.04 Å². The van der Waals surface area contributed by atoms with E-state index in [1.54, 1.807) is 0 Å². The van der Waals surface area contributed by atoms with Gasteiger partial charge in [0, 0.05) is 6.42 Å². The number of ether oxygens (including phenoxy) is 1. The van der Waals surface area contributed by atoms with Crippen LogP contribution in [0.15, 0.2) is 4.99 Å². The van der Waals surface area contributed by atoms with Gasteiger partial charge in [0.1, 0.15) is 6.61 Å². The van der Waals surface area contributed by atoms with Crippen molar-refractivity contribution in [3.63, 3.8) is 0 Å². The Morgan fingerprint density at radius 2 is 1.17 bits per heavy atom. The Bertz CT molecular complexity index is 300. The van der Waals surface area contributed by atoms with Crippen molar-refractivity contribution in [3.05, 3.63) is 0 Å². The molecule has 142 valence electrons. The molecule has 0 N–H and O–H groups in total. The van der Waals surface area contributed by atoms with Crippen LogP contribution in [0.3, 0.4) is 0 Å². The lowest BCUT2D eigenvalue weighted by Gasteiger charge is -2.04. The molecule has 0 radical (unpaired) electrons. The Hall–Kier alpha value is -0.530. The van der Waals surface area contributed by atoms with E-state index in [4.69, 9.17) is 4.74 Å². The molecule has 1 rings (SSSR count). The Morgan fingerprint density at radius 3 is 1.58 bits per heavy atom. The average molecular weight is 338 g/mol. The molecule has 2 heteroatoms. The first-order valence-corrected chi connectivity index (χ1v) is 11.1. The van der Waals surface area contributed by atoms with E-state index in [-0.39, 0.29) is 0 Å². The zero-order valence-electron chi connectivity index (χ0n) is 16.7. The molecule has 1 aliphatic rings. The summed E-state index contributed by atoms with van der Waals surface area (Å²) in [6.07, 6.45) is 23.5. The third-order valence-corrected chi connectivity index (χ3v) is 5.23. The smallest absolute Gasteiger partial charge is 0.183 e. The van der Waals surface area contributed by atoms with Gasteiger partial charge in [-0.1, -0.05) is 104 Å². The minimum atomic E-state index is 0.441. The molecule has 0 aliphatic carbocycles. The number of rotatable bonds is 17. The molecule has 0 aromatic rings. The molecule has 1 heterocycles. The lowest BCUT2D eigenvalue weighted by Crippen LogP contribution is -2.03. The normalized spacial score (nSPS) is 17.1. The monoisotopic (exact) mass is 337 g/mol. The second kappa shape index (κ2) is 16.0. The van der Waals surface area contributed by atoms with Crippen molar-refractivity contribution >= 4 is 5.90 Å². The summed E-state index contributed by atoms with van der Waals surface area (Å²) >= 11 is 0. The summed E-state index contributed by atoms with van der Waals surface area (Å²) in [5.41, 5.74) is 0. The summed E-state index contributed by atoms with van der Waals surface area (Å²) in [7, 11) is 0. The molecule has 0 fully saturated rings. The molecular weight excluding hydrogens is 294 g/mol. The summed E-state index contributed by atoms with van der Waals surface area (Å²) in [6.45, 7) is 5.30. The van der Waals surface area contributed by atoms with Crippen molar-refractivity contribution in [1.82, 2.24) is 0 Å². The predicted molar refractivity (Wildman–Crippen MR) is 107 cm³/mol. The van der Waals surface area contributed by atoms with Crippen molar-refractivity contribution < 1.29 is 4.74 Å². The summed E-state index contributed by atoms with van der Waals surface area (Å²) in [5.74, 6) is 1.02. The van der Waals surface area contributed by atoms with E-state index in [1.165, 1.54) is 96.3 Å². The van der Waals surface area contributed by atoms with Crippen LogP contribution in [0.1, 0.15) is 123 Å². The minimum absolute atomic E-state index is 0.441. The largest absolute Gasteiger partial charge is 0.479 e. The molecule has 0 saturated carbocycles. The van der Waals surface area contributed by atoms with Gasteiger partial charge in [-0.05, 0) is 12.8 Å². The maximum absolute atomic E-state index is 5.63. The molecule has 0 aromatic carbocycles. The van der Waals surface area contributed by atoms with Crippen LogP contribution in [0.2, 0.25) is 0 Å². The highest BCUT2D eigenvalue weighted by Crippen LogP contribution is 2.15. The Labute approximate surface area is 151 Å². The van der Waals surface area contributed by atoms with Gasteiger partial charge in [0.15, 0.2) is 5.90 Å². The van der Waals surface area contributed by atoms with Crippen molar-refractivity contribution in [2.24, 2.45) is 4.99 Å². The van der Waals surface area contributed by atoms with Crippen LogP contribution >= 0.6 is 0 Å². The molecule has 1 aliphatic heterocycles. The lowest BCUT2D eigenvalue weighted by molar-refractivity contribution is 0.306. The standard InChI is InChI=1S/C22H43NO/c1-3-5-6-7-8-9-10-11-12-13-14-15-16-17-18-19-22-23-21(4-2)20-24-22/h21H,3-20H2,1-2H3/t21-/m0/s1. The minimum Gasteiger partial charge on any atom is -0.479 e. The van der Waals surface area contributed by atoms with E-state index in [1.807, 2.05) is 0 Å². The van der Waals surface area contributed by atoms with E-state index in [2.05, 4.69) is 18.8 Å². The summed E-state index contributed by atoms with van der Waals surface area (Å²) < 4.78 is 5.63. The lowest BCUT2D eigenvalue weighted by atomic mass is 10.0. The van der Waals surface area contributed by atoms with Gasteiger partial charge < -0.3 is 4.74 Å². The van der Waals surface area contributed by atoms with Crippen molar-refractivity contribution in [1.29, 1.82) is 0 Å². The fourth-order valence-electron chi connectivity index (χ4n) is 3.46. The van der Waals surface area contributed by atoms with Crippen LogP contribution < -0.4 is 0 Å². The number of aliphatic imine (C=N–C) groups is 1. The van der Waals surface area contributed by atoms with Crippen molar-refractivity contribution in [3.8, 4) is 0 Å². The van der Waals surface area contributed by atoms with Crippen molar-refractivity contribution in [2.45, 2.75) is 129 Å². The van der Waals surface area contributed by atoms with Crippen LogP contribution in [0.25, 0.3) is 0 Å². The van der Waals surface area contributed by atoms with Crippen LogP contribution in [0, 0.1) is 0 Å². The first kappa shape index (κ1) is 21.5. The van der Waals surface area contributed by atoms with Gasteiger partial charge in [0.2, 0.25) is 0 Å². The van der Waals surface area contributed by atoms with Gasteiger partial charge in [0.05, 0.1) is 6.04 Å². The van der Waals surface area contributed by atoms with Gasteiger partial charge in [0.25, 0.3) is 0 Å². The maximum atomic E-state index is 5.63. The Balaban J connectivity index is 1.72. The molecule has 0 saturated heterocycles. The zero-order chi connectivity index (χ0) is 17.3. The van der Waals surface area contributed by atoms with E-state index in [0.717, 1.165) is 25.3 Å². The van der Waals surface area contributed by atoms with Crippen molar-refractivity contribution in [2.75, 3.05) is 6.61 Å². The molecule has 0 amide bonds. The first-order chi connectivity index (χ1) is 11.9. The van der Waals surface area contributed by atoms with Crippen LogP contribution in [-0.2, 0) is 4.74 Å². The highest BCUT2D eigenvalue weighted by Gasteiger charge is 2.15. The molecule has 0 bridgehead atoms. The van der Waals surface area contributed by atoms with E-state index in [9.17, 15) is 0 Å². The topological polar surface area (TPSA) is 21.6 Å². The summed E-state index contributed by atoms with van der Waals surface area (Å²) in [5, 5.41) is 0. The van der Waals surface area contributed by atoms with Gasteiger partial charge in [-0.25, -0.2) is 4.99 Å². The van der Waals surface area contributed by atoms with Crippen LogP contribution in [0.5, 0.6) is 0 Å². The molecule has 0 aromatic heterocycles. The Morgan fingerprint density at radius 1 is 0.708 bits per heavy atom. The second-order valence-electron chi connectivity index (χ2n) is 7.60. The maximum Gasteiger partial charge on any atom is 0.183 e. The van der Waals surface area contributed by atoms with Gasteiger partial charge in [-0.2, -0.15) is 0 Å². The summed E-state index contributed by atoms with van der Waals surface area (Å²) in [4.78, 5) is 4.60. The quantitative estimate of drug-likeness (QED) is 0.252. The van der Waals surface area contributed by atoms with E-state index < -0.39 is 0 Å². The predicted octanol–water partition coefficient (Wildman–Crippen LogP) is 7.46. The molecule has 2 nitrogen and oxygen atoms in total. The molecule has 0 spiro atoms. The third kappa shape index (κ3) is 11.9. The fourth-order valence-corrected chi connectivity index (χ4v) is 3.46. The second-order valence-corrected chi connectivity index (χ2v) is 7.60. The molecule has 0 unspecified atom stereocenters. The van der Waals surface area contributed by atoms with Gasteiger partial charge in [-0.3, -0.25) is 0 Å². The number of hydrogen-bond acceptors (Lipinski definition) is 2. The first-order valence-electron chi connectivity index (χ1n) is 11.1. The Kier molecular flexibility index (Phi) is 14.3. The number of nitrogens with zero attached hydrogens (tertiary/aromatic N) is 1. The number of hydrogen-bond donors (Lipinski definition) is 0. The van der Waals surface area contributed by atoms with E-state index >= 15 is 0 Å². The highest BCUT2D eigenvalue weighted by atomic mass is 16.5. The summed E-state index contributed by atoms with van der Waals surface area (Å²) in [6, 6.07) is 0.441. The zero-order valence-corrected chi connectivity index (χ0v) is 16.7. The molecule has 1 atom stereocenters. The van der Waals surface area contributed by atoms with Crippen LogP contribution in [-0.4, -0.2) is 18.5 Å². The average Bonchev–Trinajstić information content (AvgIpc) is 3.06. The fraction of sp³-hybridized carbons (Fsp3) is 0.955. The van der Waals surface area contributed by atoms with Crippen LogP contribution in [0.4, 0.5) is 0 Å². The van der Waals surface area contributed by atoms with Gasteiger partial charge >= 0.3 is 0 Å². The SMILES string of the molecule is CCCCCCCCCCCCCCCCCC1=N[C@@H](CC)CO1. The van der Waals surface area contributed by atoms with Gasteiger partial charge in [-0.15, -0.1) is 0 Å². The third-order valence-electron chi connectivity index (χ3n) is 5.23. The highest BCUT2D eigenvalue weighted by molar-refractivity contribution is 5.77.